The molecule has 0 aromatic heterocycles. The Hall–Kier alpha value is -2.48. The minimum atomic E-state index is -0.409. The highest BCUT2D eigenvalue weighted by atomic mass is 19.1. The molecule has 0 nitrogen and oxygen atoms in total. The Kier molecular flexibility index (Phi) is 2.64. The molecule has 1 aliphatic rings. The molecule has 102 valence electrons. The smallest absolute Gasteiger partial charge is 0.127 e. The summed E-state index contributed by atoms with van der Waals surface area (Å²) in [6, 6.07) is 19.5. The zero-order valence-electron chi connectivity index (χ0n) is 11.2. The lowest BCUT2D eigenvalue weighted by atomic mass is 9.89. The van der Waals surface area contributed by atoms with E-state index in [1.165, 1.54) is 12.1 Å². The van der Waals surface area contributed by atoms with Gasteiger partial charge in [-0.1, -0.05) is 48.5 Å². The molecule has 3 aromatic carbocycles. The van der Waals surface area contributed by atoms with Gasteiger partial charge in [0.2, 0.25) is 0 Å². The fraction of sp³-hybridized carbons (Fsp3) is 0.0526. The number of benzene rings is 3. The third-order valence-corrected chi connectivity index (χ3v) is 4.10. The van der Waals surface area contributed by atoms with Crippen molar-refractivity contribution in [2.45, 2.75) is 5.92 Å². The summed E-state index contributed by atoms with van der Waals surface area (Å²) in [5.41, 5.74) is 4.65. The Balaban J connectivity index is 2.03. The summed E-state index contributed by atoms with van der Waals surface area (Å²) in [5, 5.41) is 0. The van der Waals surface area contributed by atoms with E-state index in [1.807, 2.05) is 48.5 Å². The average molecular weight is 278 g/mol. The number of hydrogen-bond acceptors (Lipinski definition) is 0. The highest BCUT2D eigenvalue weighted by Gasteiger charge is 2.31. The minimum Gasteiger partial charge on any atom is -0.207 e. The highest BCUT2D eigenvalue weighted by molar-refractivity contribution is 5.80. The van der Waals surface area contributed by atoms with Gasteiger partial charge in [-0.15, -0.1) is 0 Å². The van der Waals surface area contributed by atoms with Gasteiger partial charge in [0, 0.05) is 11.5 Å². The van der Waals surface area contributed by atoms with Crippen molar-refractivity contribution >= 4 is 0 Å². The second-order valence-corrected chi connectivity index (χ2v) is 5.27. The third-order valence-electron chi connectivity index (χ3n) is 4.10. The predicted molar refractivity (Wildman–Crippen MR) is 79.2 cm³/mol. The van der Waals surface area contributed by atoms with Crippen LogP contribution < -0.4 is 0 Å². The summed E-state index contributed by atoms with van der Waals surface area (Å²) in [5.74, 6) is -1.02. The first-order chi connectivity index (χ1) is 10.3. The molecule has 3 aromatic rings. The van der Waals surface area contributed by atoms with Crippen molar-refractivity contribution in [3.63, 3.8) is 0 Å². The van der Waals surface area contributed by atoms with Crippen LogP contribution in [0.5, 0.6) is 0 Å². The molecule has 0 amide bonds. The van der Waals surface area contributed by atoms with Crippen molar-refractivity contribution in [3.05, 3.63) is 95.1 Å². The molecule has 0 aliphatic heterocycles. The summed E-state index contributed by atoms with van der Waals surface area (Å²) in [7, 11) is 0. The third kappa shape index (κ3) is 1.79. The molecule has 21 heavy (non-hydrogen) atoms. The molecule has 0 saturated heterocycles. The average Bonchev–Trinajstić information content (AvgIpc) is 2.84. The van der Waals surface area contributed by atoms with Crippen molar-refractivity contribution in [2.24, 2.45) is 0 Å². The van der Waals surface area contributed by atoms with Crippen molar-refractivity contribution in [1.29, 1.82) is 0 Å². The van der Waals surface area contributed by atoms with Crippen LogP contribution in [0.25, 0.3) is 11.1 Å². The summed E-state index contributed by atoms with van der Waals surface area (Å²) in [6.07, 6.45) is 0. The zero-order valence-corrected chi connectivity index (χ0v) is 11.2. The molecule has 0 spiro atoms. The quantitative estimate of drug-likeness (QED) is 0.453. The molecule has 1 aliphatic carbocycles. The van der Waals surface area contributed by atoms with Gasteiger partial charge in [-0.3, -0.25) is 0 Å². The van der Waals surface area contributed by atoms with Gasteiger partial charge < -0.3 is 0 Å². The Morgan fingerprint density at radius 1 is 0.619 bits per heavy atom. The Bertz CT molecular complexity index is 791. The van der Waals surface area contributed by atoms with Crippen LogP contribution >= 0.6 is 0 Å². The van der Waals surface area contributed by atoms with Gasteiger partial charge in [0.25, 0.3) is 0 Å². The largest absolute Gasteiger partial charge is 0.207 e. The predicted octanol–water partition coefficient (Wildman–Crippen LogP) is 5.13. The van der Waals surface area contributed by atoms with Gasteiger partial charge in [0.1, 0.15) is 11.6 Å². The molecule has 0 N–H and O–H groups in total. The van der Waals surface area contributed by atoms with Gasteiger partial charge in [-0.25, -0.2) is 8.78 Å². The van der Waals surface area contributed by atoms with Gasteiger partial charge in [-0.05, 0) is 40.5 Å². The van der Waals surface area contributed by atoms with Gasteiger partial charge in [-0.2, -0.15) is 0 Å². The normalized spacial score (nSPS) is 13.0. The van der Waals surface area contributed by atoms with Crippen LogP contribution in [0.4, 0.5) is 8.78 Å². The molecule has 0 radical (unpaired) electrons. The lowest BCUT2D eigenvalue weighted by Crippen LogP contribution is -2.02. The van der Waals surface area contributed by atoms with E-state index in [1.54, 1.807) is 0 Å². The SMILES string of the molecule is Fc1ccc(F)c(C2c3ccccc3-c3ccccc32)c1. The van der Waals surface area contributed by atoms with E-state index in [-0.39, 0.29) is 11.7 Å². The fourth-order valence-corrected chi connectivity index (χ4v) is 3.23. The van der Waals surface area contributed by atoms with Crippen molar-refractivity contribution < 1.29 is 8.78 Å². The Morgan fingerprint density at radius 2 is 1.19 bits per heavy atom. The molecule has 0 bridgehead atoms. The number of fused-ring (bicyclic) bond motifs is 3. The van der Waals surface area contributed by atoms with Gasteiger partial charge >= 0.3 is 0 Å². The summed E-state index contributed by atoms with van der Waals surface area (Å²) < 4.78 is 27.8. The van der Waals surface area contributed by atoms with E-state index >= 15 is 0 Å². The monoisotopic (exact) mass is 278 g/mol. The summed E-state index contributed by atoms with van der Waals surface area (Å²) >= 11 is 0. The summed E-state index contributed by atoms with van der Waals surface area (Å²) in [4.78, 5) is 0. The maximum Gasteiger partial charge on any atom is 0.127 e. The standard InChI is InChI=1S/C19H12F2/c20-12-9-10-18(21)17(11-12)19-15-7-3-1-5-13(15)14-6-2-4-8-16(14)19/h1-11,19H. The Morgan fingerprint density at radius 3 is 1.81 bits per heavy atom. The minimum absolute atomic E-state index is 0.243. The maximum atomic E-state index is 14.2. The first kappa shape index (κ1) is 12.3. The summed E-state index contributed by atoms with van der Waals surface area (Å²) in [6.45, 7) is 0. The molecule has 0 atom stereocenters. The van der Waals surface area contributed by atoms with E-state index in [9.17, 15) is 8.78 Å². The highest BCUT2D eigenvalue weighted by Crippen LogP contribution is 2.48. The number of rotatable bonds is 1. The van der Waals surface area contributed by atoms with Gasteiger partial charge in [0.05, 0.1) is 0 Å². The maximum absolute atomic E-state index is 14.2. The number of hydrogen-bond donors (Lipinski definition) is 0. The second kappa shape index (κ2) is 4.52. The van der Waals surface area contributed by atoms with E-state index < -0.39 is 5.82 Å². The molecule has 0 unspecified atom stereocenters. The van der Waals surface area contributed by atoms with Crippen LogP contribution in [0.2, 0.25) is 0 Å². The lowest BCUT2D eigenvalue weighted by Gasteiger charge is -2.15. The van der Waals surface area contributed by atoms with Gasteiger partial charge in [0.15, 0.2) is 0 Å². The van der Waals surface area contributed by atoms with Crippen molar-refractivity contribution in [3.8, 4) is 11.1 Å². The van der Waals surface area contributed by atoms with E-state index in [4.69, 9.17) is 0 Å². The number of halogens is 2. The van der Waals surface area contributed by atoms with Crippen LogP contribution in [0, 0.1) is 11.6 Å². The lowest BCUT2D eigenvalue weighted by molar-refractivity contribution is 0.583. The van der Waals surface area contributed by atoms with E-state index in [2.05, 4.69) is 0 Å². The molecule has 0 fully saturated rings. The van der Waals surface area contributed by atoms with Crippen LogP contribution in [0.1, 0.15) is 22.6 Å². The van der Waals surface area contributed by atoms with Crippen LogP contribution in [0.3, 0.4) is 0 Å². The molecular formula is C19H12F2. The van der Waals surface area contributed by atoms with E-state index in [0.29, 0.717) is 5.56 Å². The topological polar surface area (TPSA) is 0 Å². The van der Waals surface area contributed by atoms with E-state index in [0.717, 1.165) is 28.3 Å². The molecule has 0 heterocycles. The molecule has 2 heteroatoms. The fourth-order valence-electron chi connectivity index (χ4n) is 3.23. The molecule has 0 saturated carbocycles. The second-order valence-electron chi connectivity index (χ2n) is 5.27. The van der Waals surface area contributed by atoms with Crippen LogP contribution in [-0.2, 0) is 0 Å². The Labute approximate surface area is 121 Å². The molecular weight excluding hydrogens is 266 g/mol. The zero-order chi connectivity index (χ0) is 14.4. The van der Waals surface area contributed by atoms with Crippen molar-refractivity contribution in [2.75, 3.05) is 0 Å². The molecule has 4 rings (SSSR count). The van der Waals surface area contributed by atoms with Crippen LogP contribution in [-0.4, -0.2) is 0 Å². The van der Waals surface area contributed by atoms with Crippen LogP contribution in [0.15, 0.2) is 66.7 Å². The first-order valence-corrected chi connectivity index (χ1v) is 6.89. The first-order valence-electron chi connectivity index (χ1n) is 6.89. The van der Waals surface area contributed by atoms with Crippen molar-refractivity contribution in [1.82, 2.24) is 0 Å².